The highest BCUT2D eigenvalue weighted by Gasteiger charge is 2.12. The quantitative estimate of drug-likeness (QED) is 0.441. The lowest BCUT2D eigenvalue weighted by molar-refractivity contribution is 0.0950. The van der Waals surface area contributed by atoms with E-state index in [2.05, 4.69) is 11.9 Å². The Bertz CT molecular complexity index is 1050. The van der Waals surface area contributed by atoms with Crippen molar-refractivity contribution in [3.8, 4) is 23.0 Å². The van der Waals surface area contributed by atoms with Crippen LogP contribution in [-0.2, 0) is 13.2 Å². The van der Waals surface area contributed by atoms with Crippen LogP contribution in [-0.4, -0.2) is 26.7 Å². The third kappa shape index (κ3) is 6.04. The van der Waals surface area contributed by atoms with E-state index in [1.807, 2.05) is 48.5 Å². The summed E-state index contributed by atoms with van der Waals surface area (Å²) in [5, 5.41) is 2.91. The summed E-state index contributed by atoms with van der Waals surface area (Å²) < 4.78 is 22.2. The zero-order valence-electron chi connectivity index (χ0n) is 18.3. The number of hydrogen-bond acceptors (Lipinski definition) is 5. The molecule has 3 rings (SSSR count). The zero-order valence-corrected chi connectivity index (χ0v) is 18.3. The number of rotatable bonds is 11. The molecule has 0 saturated carbocycles. The molecular weight excluding hydrogens is 406 g/mol. The van der Waals surface area contributed by atoms with Gasteiger partial charge in [0.2, 0.25) is 0 Å². The average Bonchev–Trinajstić information content (AvgIpc) is 2.85. The van der Waals surface area contributed by atoms with Crippen molar-refractivity contribution in [2.24, 2.45) is 0 Å². The van der Waals surface area contributed by atoms with E-state index < -0.39 is 0 Å². The molecule has 3 aromatic rings. The van der Waals surface area contributed by atoms with E-state index in [-0.39, 0.29) is 5.91 Å². The van der Waals surface area contributed by atoms with Gasteiger partial charge >= 0.3 is 0 Å². The average molecular weight is 434 g/mol. The van der Waals surface area contributed by atoms with Crippen molar-refractivity contribution in [3.63, 3.8) is 0 Å². The van der Waals surface area contributed by atoms with Gasteiger partial charge in [0, 0.05) is 12.1 Å². The molecule has 0 aliphatic carbocycles. The standard InChI is InChI=1S/C26H27NO5/c1-4-14-31-22-13-11-21(16-25(22)30-3)26(28)27-17-20-10-12-23(24(15-20)29-2)32-18-19-8-6-5-7-9-19/h4-13,15-16H,1,14,17-18H2,2-3H3,(H,27,28). The highest BCUT2D eigenvalue weighted by Crippen LogP contribution is 2.30. The van der Waals surface area contributed by atoms with Gasteiger partial charge in [-0.15, -0.1) is 0 Å². The third-order valence-electron chi connectivity index (χ3n) is 4.70. The van der Waals surface area contributed by atoms with Gasteiger partial charge in [0.1, 0.15) is 13.2 Å². The molecule has 6 heteroatoms. The molecule has 0 heterocycles. The van der Waals surface area contributed by atoms with Gasteiger partial charge in [-0.05, 0) is 41.5 Å². The predicted molar refractivity (Wildman–Crippen MR) is 124 cm³/mol. The molecule has 0 saturated heterocycles. The Morgan fingerprint density at radius 3 is 2.25 bits per heavy atom. The molecule has 0 aliphatic rings. The number of hydrogen-bond donors (Lipinski definition) is 1. The number of carbonyl (C=O) groups is 1. The Kier molecular flexibility index (Phi) is 8.15. The molecule has 0 unspecified atom stereocenters. The van der Waals surface area contributed by atoms with Crippen LogP contribution in [0, 0.1) is 0 Å². The smallest absolute Gasteiger partial charge is 0.251 e. The maximum Gasteiger partial charge on any atom is 0.251 e. The van der Waals surface area contributed by atoms with Crippen LogP contribution < -0.4 is 24.3 Å². The maximum absolute atomic E-state index is 12.6. The second-order valence-electron chi connectivity index (χ2n) is 6.91. The molecular formula is C26H27NO5. The Labute approximate surface area is 188 Å². The third-order valence-corrected chi connectivity index (χ3v) is 4.70. The van der Waals surface area contributed by atoms with Crippen LogP contribution >= 0.6 is 0 Å². The van der Waals surface area contributed by atoms with E-state index in [1.54, 1.807) is 31.4 Å². The van der Waals surface area contributed by atoms with Gasteiger partial charge in [0.15, 0.2) is 23.0 Å². The fraction of sp³-hybridized carbons (Fsp3) is 0.192. The second kappa shape index (κ2) is 11.5. The fourth-order valence-corrected chi connectivity index (χ4v) is 3.04. The van der Waals surface area contributed by atoms with E-state index in [1.165, 1.54) is 7.11 Å². The van der Waals surface area contributed by atoms with Crippen molar-refractivity contribution in [1.29, 1.82) is 0 Å². The minimum absolute atomic E-state index is 0.220. The molecule has 6 nitrogen and oxygen atoms in total. The highest BCUT2D eigenvalue weighted by molar-refractivity contribution is 5.94. The molecule has 0 fully saturated rings. The van der Waals surface area contributed by atoms with Gasteiger partial charge in [-0.2, -0.15) is 0 Å². The topological polar surface area (TPSA) is 66.0 Å². The first kappa shape index (κ1) is 22.7. The molecule has 0 spiro atoms. The van der Waals surface area contributed by atoms with Crippen LogP contribution in [0.4, 0.5) is 0 Å². The summed E-state index contributed by atoms with van der Waals surface area (Å²) in [7, 11) is 3.13. The van der Waals surface area contributed by atoms with Crippen molar-refractivity contribution in [2.45, 2.75) is 13.2 Å². The summed E-state index contributed by atoms with van der Waals surface area (Å²) in [5.74, 6) is 2.08. The monoisotopic (exact) mass is 433 g/mol. The first-order valence-electron chi connectivity index (χ1n) is 10.2. The summed E-state index contributed by atoms with van der Waals surface area (Å²) in [4.78, 5) is 12.6. The van der Waals surface area contributed by atoms with Crippen molar-refractivity contribution in [3.05, 3.63) is 96.1 Å². The lowest BCUT2D eigenvalue weighted by atomic mass is 10.1. The Morgan fingerprint density at radius 2 is 1.53 bits per heavy atom. The SMILES string of the molecule is C=CCOc1ccc(C(=O)NCc2ccc(OCc3ccccc3)c(OC)c2)cc1OC. The lowest BCUT2D eigenvalue weighted by Gasteiger charge is -2.13. The summed E-state index contributed by atoms with van der Waals surface area (Å²) in [6.07, 6.45) is 1.65. The van der Waals surface area contributed by atoms with Gasteiger partial charge in [-0.25, -0.2) is 0 Å². The normalized spacial score (nSPS) is 10.2. The molecule has 32 heavy (non-hydrogen) atoms. The largest absolute Gasteiger partial charge is 0.493 e. The van der Waals surface area contributed by atoms with Crippen LogP contribution in [0.3, 0.4) is 0 Å². The van der Waals surface area contributed by atoms with Gasteiger partial charge in [0.25, 0.3) is 5.91 Å². The van der Waals surface area contributed by atoms with Gasteiger partial charge in [0.05, 0.1) is 14.2 Å². The van der Waals surface area contributed by atoms with Crippen molar-refractivity contribution in [2.75, 3.05) is 20.8 Å². The minimum atomic E-state index is -0.220. The van der Waals surface area contributed by atoms with E-state index in [4.69, 9.17) is 18.9 Å². The molecule has 0 bridgehead atoms. The van der Waals surface area contributed by atoms with Crippen LogP contribution in [0.25, 0.3) is 0 Å². The molecule has 0 radical (unpaired) electrons. The summed E-state index contributed by atoms with van der Waals surface area (Å²) >= 11 is 0. The first-order valence-corrected chi connectivity index (χ1v) is 10.2. The van der Waals surface area contributed by atoms with Crippen molar-refractivity contribution >= 4 is 5.91 Å². The van der Waals surface area contributed by atoms with Crippen LogP contribution in [0.15, 0.2) is 79.4 Å². The Morgan fingerprint density at radius 1 is 0.844 bits per heavy atom. The Hall–Kier alpha value is -3.93. The lowest BCUT2D eigenvalue weighted by Crippen LogP contribution is -2.22. The summed E-state index contributed by atoms with van der Waals surface area (Å²) in [5.41, 5.74) is 2.44. The number of carbonyl (C=O) groups excluding carboxylic acids is 1. The summed E-state index contributed by atoms with van der Waals surface area (Å²) in [6.45, 7) is 4.77. The first-order chi connectivity index (χ1) is 15.6. The number of nitrogens with one attached hydrogen (secondary N) is 1. The maximum atomic E-state index is 12.6. The predicted octanol–water partition coefficient (Wildman–Crippen LogP) is 4.78. The Balaban J connectivity index is 1.62. The molecule has 3 aromatic carbocycles. The van der Waals surface area contributed by atoms with Gasteiger partial charge in [-0.3, -0.25) is 4.79 Å². The van der Waals surface area contributed by atoms with E-state index >= 15 is 0 Å². The molecule has 0 atom stereocenters. The van der Waals surface area contributed by atoms with E-state index in [0.717, 1.165) is 11.1 Å². The van der Waals surface area contributed by atoms with Crippen LogP contribution in [0.1, 0.15) is 21.5 Å². The number of ether oxygens (including phenoxy) is 4. The minimum Gasteiger partial charge on any atom is -0.493 e. The van der Waals surface area contributed by atoms with Crippen LogP contribution in [0.5, 0.6) is 23.0 Å². The second-order valence-corrected chi connectivity index (χ2v) is 6.91. The highest BCUT2D eigenvalue weighted by atomic mass is 16.5. The molecule has 1 amide bonds. The number of benzene rings is 3. The van der Waals surface area contributed by atoms with Crippen molar-refractivity contribution in [1.82, 2.24) is 5.32 Å². The van der Waals surface area contributed by atoms with E-state index in [9.17, 15) is 4.79 Å². The number of methoxy groups -OCH3 is 2. The van der Waals surface area contributed by atoms with E-state index in [0.29, 0.717) is 48.3 Å². The van der Waals surface area contributed by atoms with Gasteiger partial charge < -0.3 is 24.3 Å². The summed E-state index contributed by atoms with van der Waals surface area (Å²) in [6, 6.07) is 20.6. The van der Waals surface area contributed by atoms with Gasteiger partial charge in [-0.1, -0.05) is 49.1 Å². The molecule has 0 aliphatic heterocycles. The number of amides is 1. The zero-order chi connectivity index (χ0) is 22.8. The van der Waals surface area contributed by atoms with Crippen LogP contribution in [0.2, 0.25) is 0 Å². The fourth-order valence-electron chi connectivity index (χ4n) is 3.04. The molecule has 166 valence electrons. The van der Waals surface area contributed by atoms with Crippen molar-refractivity contribution < 1.29 is 23.7 Å². The molecule has 0 aromatic heterocycles. The molecule has 1 N–H and O–H groups in total.